The summed E-state index contributed by atoms with van der Waals surface area (Å²) in [5.41, 5.74) is 3.51. The zero-order valence-corrected chi connectivity index (χ0v) is 18.7. The van der Waals surface area contributed by atoms with E-state index in [1.807, 2.05) is 27.7 Å². The normalized spacial score (nSPS) is 21.1. The molecule has 0 amide bonds. The van der Waals surface area contributed by atoms with Crippen LogP contribution in [0.4, 0.5) is 0 Å². The average molecular weight is 402 g/mol. The van der Waals surface area contributed by atoms with E-state index in [9.17, 15) is 8.42 Å². The lowest BCUT2D eigenvalue weighted by molar-refractivity contribution is 0.278. The van der Waals surface area contributed by atoms with E-state index >= 15 is 0 Å². The van der Waals surface area contributed by atoms with Crippen molar-refractivity contribution in [2.24, 2.45) is 11.8 Å². The SMILES string of the molecule is CCC(C)(C)S(=O)(=O)CC1CCC(CCc2ccc3nc(C)ccc3c2)CC1. The number of rotatable bonds is 7. The second-order valence-electron chi connectivity index (χ2n) is 9.30. The van der Waals surface area contributed by atoms with Crippen LogP contribution in [0.25, 0.3) is 10.9 Å². The Labute approximate surface area is 170 Å². The van der Waals surface area contributed by atoms with Crippen molar-refractivity contribution in [2.75, 3.05) is 5.75 Å². The Balaban J connectivity index is 1.50. The number of sulfone groups is 1. The number of fused-ring (bicyclic) bond motifs is 1. The third kappa shape index (κ3) is 4.94. The van der Waals surface area contributed by atoms with Gasteiger partial charge in [0.2, 0.25) is 0 Å². The summed E-state index contributed by atoms with van der Waals surface area (Å²) >= 11 is 0. The highest BCUT2D eigenvalue weighted by molar-refractivity contribution is 7.92. The van der Waals surface area contributed by atoms with Crippen LogP contribution in [0.1, 0.15) is 70.6 Å². The summed E-state index contributed by atoms with van der Waals surface area (Å²) < 4.78 is 24.7. The Bertz CT molecular complexity index is 909. The van der Waals surface area contributed by atoms with Crippen molar-refractivity contribution in [3.63, 3.8) is 0 Å². The van der Waals surface area contributed by atoms with Crippen molar-refractivity contribution >= 4 is 20.7 Å². The fourth-order valence-electron chi connectivity index (χ4n) is 4.25. The first kappa shape index (κ1) is 21.3. The number of benzene rings is 1. The Kier molecular flexibility index (Phi) is 6.48. The summed E-state index contributed by atoms with van der Waals surface area (Å²) in [5, 5.41) is 1.22. The first-order valence-electron chi connectivity index (χ1n) is 10.8. The molecule has 0 bridgehead atoms. The van der Waals surface area contributed by atoms with Crippen LogP contribution >= 0.6 is 0 Å². The molecule has 28 heavy (non-hydrogen) atoms. The van der Waals surface area contributed by atoms with Gasteiger partial charge in [0.1, 0.15) is 0 Å². The minimum Gasteiger partial charge on any atom is -0.253 e. The molecule has 1 aromatic heterocycles. The van der Waals surface area contributed by atoms with Gasteiger partial charge in [0.05, 0.1) is 16.0 Å². The maximum absolute atomic E-state index is 12.7. The number of aryl methyl sites for hydroxylation is 2. The molecule has 3 nitrogen and oxygen atoms in total. The lowest BCUT2D eigenvalue weighted by atomic mass is 9.80. The zero-order valence-electron chi connectivity index (χ0n) is 17.9. The van der Waals surface area contributed by atoms with Crippen molar-refractivity contribution in [3.8, 4) is 0 Å². The first-order chi connectivity index (χ1) is 13.2. The zero-order chi connectivity index (χ0) is 20.4. The summed E-state index contributed by atoms with van der Waals surface area (Å²) in [5.74, 6) is 1.45. The molecule has 1 aliphatic rings. The minimum atomic E-state index is -3.01. The molecule has 0 saturated heterocycles. The molecule has 4 heteroatoms. The number of hydrogen-bond acceptors (Lipinski definition) is 3. The molecule has 0 radical (unpaired) electrons. The molecule has 2 aromatic rings. The van der Waals surface area contributed by atoms with Gasteiger partial charge in [-0.1, -0.05) is 31.9 Å². The third-order valence-corrected chi connectivity index (χ3v) is 9.73. The molecule has 3 rings (SSSR count). The predicted octanol–water partition coefficient (Wildman–Crippen LogP) is 5.89. The Morgan fingerprint density at radius 2 is 1.71 bits per heavy atom. The largest absolute Gasteiger partial charge is 0.253 e. The van der Waals surface area contributed by atoms with Crippen molar-refractivity contribution in [2.45, 2.75) is 77.4 Å². The van der Waals surface area contributed by atoms with Gasteiger partial charge in [0.25, 0.3) is 0 Å². The summed E-state index contributed by atoms with van der Waals surface area (Å²) in [6.07, 6.45) is 7.44. The lowest BCUT2D eigenvalue weighted by Gasteiger charge is -2.31. The van der Waals surface area contributed by atoms with Crippen LogP contribution in [0.5, 0.6) is 0 Å². The van der Waals surface area contributed by atoms with Crippen molar-refractivity contribution in [3.05, 3.63) is 41.6 Å². The van der Waals surface area contributed by atoms with E-state index in [1.165, 1.54) is 30.2 Å². The van der Waals surface area contributed by atoms with Gasteiger partial charge in [-0.05, 0) is 88.5 Å². The monoisotopic (exact) mass is 401 g/mol. The first-order valence-corrected chi connectivity index (χ1v) is 12.4. The maximum Gasteiger partial charge on any atom is 0.155 e. The van der Waals surface area contributed by atoms with E-state index in [1.54, 1.807) is 0 Å². The van der Waals surface area contributed by atoms with E-state index in [0.717, 1.165) is 36.4 Å². The van der Waals surface area contributed by atoms with E-state index in [-0.39, 0.29) is 0 Å². The van der Waals surface area contributed by atoms with Gasteiger partial charge < -0.3 is 0 Å². The van der Waals surface area contributed by atoms with Crippen LogP contribution in [0.3, 0.4) is 0 Å². The molecule has 0 spiro atoms. The van der Waals surface area contributed by atoms with Gasteiger partial charge in [0, 0.05) is 11.1 Å². The highest BCUT2D eigenvalue weighted by Gasteiger charge is 2.35. The smallest absolute Gasteiger partial charge is 0.155 e. The van der Waals surface area contributed by atoms with Crippen molar-refractivity contribution in [1.82, 2.24) is 4.98 Å². The van der Waals surface area contributed by atoms with Crippen LogP contribution in [0, 0.1) is 18.8 Å². The molecule has 0 atom stereocenters. The summed E-state index contributed by atoms with van der Waals surface area (Å²) in [6, 6.07) is 10.8. The predicted molar refractivity (Wildman–Crippen MR) is 118 cm³/mol. The van der Waals surface area contributed by atoms with Gasteiger partial charge in [0.15, 0.2) is 9.84 Å². The molecule has 1 aliphatic carbocycles. The van der Waals surface area contributed by atoms with Gasteiger partial charge in [-0.2, -0.15) is 0 Å². The second-order valence-corrected chi connectivity index (χ2v) is 12.0. The van der Waals surface area contributed by atoms with E-state index < -0.39 is 14.6 Å². The quantitative estimate of drug-likeness (QED) is 0.581. The molecule has 154 valence electrons. The van der Waals surface area contributed by atoms with E-state index in [0.29, 0.717) is 18.1 Å². The molecule has 1 heterocycles. The second kappa shape index (κ2) is 8.52. The summed E-state index contributed by atoms with van der Waals surface area (Å²) in [7, 11) is -3.01. The third-order valence-electron chi connectivity index (χ3n) is 6.85. The molecule has 1 aromatic carbocycles. The van der Waals surface area contributed by atoms with Gasteiger partial charge in [-0.3, -0.25) is 4.98 Å². The Morgan fingerprint density at radius 3 is 2.39 bits per heavy atom. The van der Waals surface area contributed by atoms with Crippen LogP contribution < -0.4 is 0 Å². The molecule has 1 fully saturated rings. The number of aromatic nitrogens is 1. The fourth-order valence-corrected chi connectivity index (χ4v) is 6.09. The van der Waals surface area contributed by atoms with Crippen molar-refractivity contribution in [1.29, 1.82) is 0 Å². The lowest BCUT2D eigenvalue weighted by Crippen LogP contribution is -2.36. The average Bonchev–Trinajstić information content (AvgIpc) is 2.67. The van der Waals surface area contributed by atoms with Crippen molar-refractivity contribution < 1.29 is 8.42 Å². The number of pyridine rings is 1. The Morgan fingerprint density at radius 1 is 1.04 bits per heavy atom. The topological polar surface area (TPSA) is 47.0 Å². The number of hydrogen-bond donors (Lipinski definition) is 0. The van der Waals surface area contributed by atoms with Crippen LogP contribution in [-0.2, 0) is 16.3 Å². The molecule has 0 unspecified atom stereocenters. The van der Waals surface area contributed by atoms with Crippen LogP contribution in [0.2, 0.25) is 0 Å². The van der Waals surface area contributed by atoms with Gasteiger partial charge in [-0.15, -0.1) is 0 Å². The van der Waals surface area contributed by atoms with Crippen LogP contribution in [-0.4, -0.2) is 23.9 Å². The highest BCUT2D eigenvalue weighted by atomic mass is 32.2. The fraction of sp³-hybridized carbons (Fsp3) is 0.625. The standard InChI is InChI=1S/C24H35NO2S/c1-5-24(3,4)28(26,27)17-21-11-8-19(9-12-21)7-10-20-13-15-23-22(16-20)14-6-18(2)25-23/h6,13-16,19,21H,5,7-12,17H2,1-4H3. The highest BCUT2D eigenvalue weighted by Crippen LogP contribution is 2.34. The minimum absolute atomic E-state index is 0.349. The Hall–Kier alpha value is -1.42. The molecule has 0 aliphatic heterocycles. The summed E-state index contributed by atoms with van der Waals surface area (Å²) in [6.45, 7) is 7.74. The molecular weight excluding hydrogens is 366 g/mol. The summed E-state index contributed by atoms with van der Waals surface area (Å²) in [4.78, 5) is 4.58. The van der Waals surface area contributed by atoms with E-state index in [4.69, 9.17) is 0 Å². The van der Waals surface area contributed by atoms with Crippen LogP contribution in [0.15, 0.2) is 30.3 Å². The van der Waals surface area contributed by atoms with Gasteiger partial charge in [-0.25, -0.2) is 8.42 Å². The molecular formula is C24H35NO2S. The molecule has 0 N–H and O–H groups in total. The van der Waals surface area contributed by atoms with Gasteiger partial charge >= 0.3 is 0 Å². The maximum atomic E-state index is 12.7. The van der Waals surface area contributed by atoms with E-state index in [2.05, 4.69) is 35.3 Å². The molecule has 1 saturated carbocycles. The number of nitrogens with zero attached hydrogens (tertiary/aromatic N) is 1.